The topological polar surface area (TPSA) is 69.6 Å². The number of carboxylic acids is 1. The number of carbonyl (C=O) groups excluding carboxylic acids is 1. The molecular weight excluding hydrogens is 268 g/mol. The largest absolute Gasteiger partial charge is 0.479 e. The number of para-hydroxylation sites is 1. The smallest absolute Gasteiger partial charge is 0.330 e. The van der Waals surface area contributed by atoms with Gasteiger partial charge in [-0.1, -0.05) is 48.5 Å². The van der Waals surface area contributed by atoms with Crippen molar-refractivity contribution in [3.05, 3.63) is 66.2 Å². The van der Waals surface area contributed by atoms with Crippen LogP contribution in [-0.4, -0.2) is 24.2 Å². The number of anilines is 1. The van der Waals surface area contributed by atoms with E-state index in [-0.39, 0.29) is 0 Å². The van der Waals surface area contributed by atoms with E-state index in [0.717, 1.165) is 0 Å². The van der Waals surface area contributed by atoms with E-state index in [4.69, 9.17) is 0 Å². The fourth-order valence-electron chi connectivity index (χ4n) is 1.92. The van der Waals surface area contributed by atoms with Gasteiger partial charge in [0, 0.05) is 12.7 Å². The lowest BCUT2D eigenvalue weighted by atomic mass is 10.1. The predicted molar refractivity (Wildman–Crippen MR) is 80.2 cm³/mol. The van der Waals surface area contributed by atoms with Crippen molar-refractivity contribution in [1.82, 2.24) is 5.32 Å². The molecule has 2 N–H and O–H groups in total. The Morgan fingerprint density at radius 3 is 2.05 bits per heavy atom. The van der Waals surface area contributed by atoms with Crippen LogP contribution in [0.25, 0.3) is 0 Å². The Balaban J connectivity index is 2.14. The number of benzene rings is 2. The van der Waals surface area contributed by atoms with E-state index in [0.29, 0.717) is 11.3 Å². The molecule has 0 heterocycles. The van der Waals surface area contributed by atoms with Gasteiger partial charge in [-0.05, 0) is 17.7 Å². The molecule has 0 bridgehead atoms. The lowest BCUT2D eigenvalue weighted by Crippen LogP contribution is -2.42. The quantitative estimate of drug-likeness (QED) is 0.906. The second-order valence-electron chi connectivity index (χ2n) is 4.53. The summed E-state index contributed by atoms with van der Waals surface area (Å²) in [6, 6.07) is 16.1. The van der Waals surface area contributed by atoms with Crippen LogP contribution in [0.2, 0.25) is 0 Å². The van der Waals surface area contributed by atoms with Crippen LogP contribution in [0.5, 0.6) is 0 Å². The maximum atomic E-state index is 12.2. The summed E-state index contributed by atoms with van der Waals surface area (Å²) in [5, 5.41) is 11.8. The molecule has 1 unspecified atom stereocenters. The molecule has 2 amide bonds. The van der Waals surface area contributed by atoms with Crippen molar-refractivity contribution in [2.24, 2.45) is 0 Å². The minimum atomic E-state index is -1.10. The standard InChI is InChI=1S/C16H16N2O3/c1-18(13-10-6-3-7-11-13)16(21)17-14(15(19)20)12-8-4-2-5-9-12/h2-11,14H,1H3,(H,17,21)(H,19,20). The van der Waals surface area contributed by atoms with E-state index < -0.39 is 18.0 Å². The molecule has 0 spiro atoms. The Morgan fingerprint density at radius 2 is 1.52 bits per heavy atom. The first-order valence-electron chi connectivity index (χ1n) is 6.46. The molecule has 21 heavy (non-hydrogen) atoms. The second kappa shape index (κ2) is 6.56. The molecule has 0 aliphatic carbocycles. The maximum absolute atomic E-state index is 12.2. The highest BCUT2D eigenvalue weighted by molar-refractivity contribution is 5.94. The molecule has 0 radical (unpaired) electrons. The Hall–Kier alpha value is -2.82. The molecule has 5 nitrogen and oxygen atoms in total. The van der Waals surface area contributed by atoms with Gasteiger partial charge in [-0.3, -0.25) is 4.90 Å². The van der Waals surface area contributed by atoms with Gasteiger partial charge in [-0.2, -0.15) is 0 Å². The Kier molecular flexibility index (Phi) is 4.56. The van der Waals surface area contributed by atoms with Gasteiger partial charge in [0.05, 0.1) is 0 Å². The van der Waals surface area contributed by atoms with Gasteiger partial charge < -0.3 is 10.4 Å². The highest BCUT2D eigenvalue weighted by Gasteiger charge is 2.23. The van der Waals surface area contributed by atoms with E-state index in [2.05, 4.69) is 5.32 Å². The molecule has 2 aromatic carbocycles. The van der Waals surface area contributed by atoms with Crippen molar-refractivity contribution in [3.63, 3.8) is 0 Å². The van der Waals surface area contributed by atoms with Crippen molar-refractivity contribution in [2.45, 2.75) is 6.04 Å². The number of nitrogens with zero attached hydrogens (tertiary/aromatic N) is 1. The zero-order valence-corrected chi connectivity index (χ0v) is 11.6. The Labute approximate surface area is 122 Å². The first-order chi connectivity index (χ1) is 10.1. The number of carboxylic acid groups (broad SMARTS) is 1. The number of aliphatic carboxylic acids is 1. The Morgan fingerprint density at radius 1 is 1.00 bits per heavy atom. The van der Waals surface area contributed by atoms with Gasteiger partial charge in [0.25, 0.3) is 0 Å². The highest BCUT2D eigenvalue weighted by Crippen LogP contribution is 2.15. The summed E-state index contributed by atoms with van der Waals surface area (Å²) in [5.41, 5.74) is 1.21. The number of hydrogen-bond donors (Lipinski definition) is 2. The number of carbonyl (C=O) groups is 2. The zero-order valence-electron chi connectivity index (χ0n) is 11.6. The summed E-state index contributed by atoms with van der Waals surface area (Å²) in [6.07, 6.45) is 0. The molecule has 0 saturated heterocycles. The van der Waals surface area contributed by atoms with E-state index in [1.165, 1.54) is 4.90 Å². The molecule has 5 heteroatoms. The number of rotatable bonds is 4. The van der Waals surface area contributed by atoms with Crippen molar-refractivity contribution in [1.29, 1.82) is 0 Å². The van der Waals surface area contributed by atoms with Crippen molar-refractivity contribution >= 4 is 17.7 Å². The van der Waals surface area contributed by atoms with Crippen LogP contribution in [0, 0.1) is 0 Å². The molecule has 2 rings (SSSR count). The van der Waals surface area contributed by atoms with Gasteiger partial charge in [-0.25, -0.2) is 9.59 Å². The van der Waals surface area contributed by atoms with Crippen molar-refractivity contribution in [3.8, 4) is 0 Å². The summed E-state index contributed by atoms with van der Waals surface area (Å²) in [4.78, 5) is 24.9. The lowest BCUT2D eigenvalue weighted by Gasteiger charge is -2.21. The monoisotopic (exact) mass is 284 g/mol. The summed E-state index contributed by atoms with van der Waals surface area (Å²) in [5.74, 6) is -1.10. The fourth-order valence-corrected chi connectivity index (χ4v) is 1.92. The molecule has 2 aromatic rings. The predicted octanol–water partition coefficient (Wildman–Crippen LogP) is 2.66. The lowest BCUT2D eigenvalue weighted by molar-refractivity contribution is -0.139. The molecule has 0 saturated carbocycles. The number of nitrogens with one attached hydrogen (secondary N) is 1. The summed E-state index contributed by atoms with van der Waals surface area (Å²) in [6.45, 7) is 0. The number of urea groups is 1. The van der Waals surface area contributed by atoms with Crippen LogP contribution in [0.1, 0.15) is 11.6 Å². The van der Waals surface area contributed by atoms with Crippen LogP contribution >= 0.6 is 0 Å². The highest BCUT2D eigenvalue weighted by atomic mass is 16.4. The van der Waals surface area contributed by atoms with Gasteiger partial charge in [-0.15, -0.1) is 0 Å². The summed E-state index contributed by atoms with van der Waals surface area (Å²) < 4.78 is 0. The molecule has 108 valence electrons. The normalized spacial score (nSPS) is 11.5. The molecule has 0 fully saturated rings. The van der Waals surface area contributed by atoms with E-state index in [1.54, 1.807) is 49.5 Å². The molecule has 0 aromatic heterocycles. The van der Waals surface area contributed by atoms with Crippen LogP contribution in [0.15, 0.2) is 60.7 Å². The van der Waals surface area contributed by atoms with E-state index in [1.807, 2.05) is 18.2 Å². The third kappa shape index (κ3) is 3.60. The molecule has 0 aliphatic rings. The molecular formula is C16H16N2O3. The third-order valence-electron chi connectivity index (χ3n) is 3.10. The number of hydrogen-bond acceptors (Lipinski definition) is 2. The van der Waals surface area contributed by atoms with Crippen LogP contribution in [-0.2, 0) is 4.79 Å². The average Bonchev–Trinajstić information content (AvgIpc) is 2.53. The first-order valence-corrected chi connectivity index (χ1v) is 6.46. The molecule has 0 aliphatic heterocycles. The fraction of sp³-hybridized carbons (Fsp3) is 0.125. The van der Waals surface area contributed by atoms with E-state index >= 15 is 0 Å². The van der Waals surface area contributed by atoms with Crippen LogP contribution in [0.3, 0.4) is 0 Å². The van der Waals surface area contributed by atoms with Crippen LogP contribution in [0.4, 0.5) is 10.5 Å². The zero-order chi connectivity index (χ0) is 15.2. The average molecular weight is 284 g/mol. The van der Waals surface area contributed by atoms with Crippen LogP contribution < -0.4 is 10.2 Å². The minimum absolute atomic E-state index is 0.475. The van der Waals surface area contributed by atoms with Gasteiger partial charge in [0.15, 0.2) is 6.04 Å². The summed E-state index contributed by atoms with van der Waals surface area (Å²) >= 11 is 0. The van der Waals surface area contributed by atoms with Crippen molar-refractivity contribution in [2.75, 3.05) is 11.9 Å². The van der Waals surface area contributed by atoms with Gasteiger partial charge in [0.1, 0.15) is 0 Å². The minimum Gasteiger partial charge on any atom is -0.479 e. The molecule has 1 atom stereocenters. The number of amides is 2. The van der Waals surface area contributed by atoms with Gasteiger partial charge >= 0.3 is 12.0 Å². The second-order valence-corrected chi connectivity index (χ2v) is 4.53. The SMILES string of the molecule is CN(C(=O)NC(C(=O)O)c1ccccc1)c1ccccc1. The first kappa shape index (κ1) is 14.6. The maximum Gasteiger partial charge on any atom is 0.330 e. The van der Waals surface area contributed by atoms with Gasteiger partial charge in [0.2, 0.25) is 0 Å². The van der Waals surface area contributed by atoms with E-state index in [9.17, 15) is 14.7 Å². The Bertz CT molecular complexity index is 614. The van der Waals surface area contributed by atoms with Crippen molar-refractivity contribution < 1.29 is 14.7 Å². The third-order valence-corrected chi connectivity index (χ3v) is 3.10. The summed E-state index contributed by atoms with van der Waals surface area (Å²) in [7, 11) is 1.59.